The Morgan fingerprint density at radius 3 is 2.62 bits per heavy atom. The van der Waals surface area contributed by atoms with Crippen molar-refractivity contribution in [1.29, 1.82) is 0 Å². The van der Waals surface area contributed by atoms with Crippen LogP contribution in [0.5, 0.6) is 0 Å². The molecule has 1 heterocycles. The lowest BCUT2D eigenvalue weighted by Gasteiger charge is -2.25. The van der Waals surface area contributed by atoms with E-state index in [2.05, 4.69) is 18.9 Å². The van der Waals surface area contributed by atoms with Crippen LogP contribution < -0.4 is 0 Å². The van der Waals surface area contributed by atoms with Crippen molar-refractivity contribution in [3.63, 3.8) is 0 Å². The molecule has 0 aliphatic heterocycles. The van der Waals surface area contributed by atoms with Gasteiger partial charge in [0.2, 0.25) is 0 Å². The van der Waals surface area contributed by atoms with Crippen LogP contribution in [0.3, 0.4) is 0 Å². The molecule has 21 heavy (non-hydrogen) atoms. The quantitative estimate of drug-likeness (QED) is 0.875. The number of carbonyl (C=O) groups is 1. The fourth-order valence-electron chi connectivity index (χ4n) is 2.70. The fourth-order valence-corrected chi connectivity index (χ4v) is 2.70. The molecule has 1 saturated carbocycles. The van der Waals surface area contributed by atoms with E-state index >= 15 is 0 Å². The molecule has 0 spiro atoms. The van der Waals surface area contributed by atoms with Crippen LogP contribution in [0.1, 0.15) is 62.5 Å². The molecule has 1 N–H and O–H groups in total. The first-order valence-electron chi connectivity index (χ1n) is 7.72. The highest BCUT2D eigenvalue weighted by atomic mass is 16.3. The van der Waals surface area contributed by atoms with Gasteiger partial charge in [0.05, 0.1) is 23.1 Å². The molecule has 1 aliphatic rings. The van der Waals surface area contributed by atoms with Gasteiger partial charge in [-0.3, -0.25) is 9.48 Å². The van der Waals surface area contributed by atoms with Crippen molar-refractivity contribution < 1.29 is 9.90 Å². The van der Waals surface area contributed by atoms with Crippen LogP contribution in [0.2, 0.25) is 0 Å². The summed E-state index contributed by atoms with van der Waals surface area (Å²) in [4.78, 5) is 14.2. The fraction of sp³-hybridized carbons (Fsp3) is 0.750. The first kappa shape index (κ1) is 16.0. The van der Waals surface area contributed by atoms with E-state index in [9.17, 15) is 9.90 Å². The van der Waals surface area contributed by atoms with E-state index < -0.39 is 5.60 Å². The van der Waals surface area contributed by atoms with Crippen LogP contribution in [0.25, 0.3) is 0 Å². The van der Waals surface area contributed by atoms with Crippen LogP contribution in [0.4, 0.5) is 0 Å². The van der Waals surface area contributed by atoms with E-state index in [1.807, 2.05) is 4.68 Å². The van der Waals surface area contributed by atoms with Crippen LogP contribution >= 0.6 is 0 Å². The third kappa shape index (κ3) is 4.06. The van der Waals surface area contributed by atoms with Crippen molar-refractivity contribution in [2.45, 2.75) is 58.6 Å². The Morgan fingerprint density at radius 1 is 1.52 bits per heavy atom. The average Bonchev–Trinajstić information content (AvgIpc) is 3.08. The molecular weight excluding hydrogens is 266 g/mol. The minimum atomic E-state index is -0.891. The lowest BCUT2D eigenvalue weighted by atomic mass is 10.1. The lowest BCUT2D eigenvalue weighted by Crippen LogP contribution is -2.39. The maximum atomic E-state index is 12.6. The summed E-state index contributed by atoms with van der Waals surface area (Å²) in [5.74, 6) is 0.925. The number of amides is 1. The third-order valence-electron chi connectivity index (χ3n) is 3.58. The molecule has 2 rings (SSSR count). The van der Waals surface area contributed by atoms with Gasteiger partial charge >= 0.3 is 0 Å². The molecule has 5 heteroatoms. The highest BCUT2D eigenvalue weighted by molar-refractivity contribution is 5.95. The largest absolute Gasteiger partial charge is 0.389 e. The van der Waals surface area contributed by atoms with E-state index in [0.717, 1.165) is 25.1 Å². The second-order valence-corrected chi connectivity index (χ2v) is 7.27. The molecule has 0 aromatic carbocycles. The summed E-state index contributed by atoms with van der Waals surface area (Å²) in [6.45, 7) is 8.88. The Balaban J connectivity index is 2.23. The Kier molecular flexibility index (Phi) is 4.42. The zero-order chi connectivity index (χ0) is 15.8. The minimum Gasteiger partial charge on any atom is -0.389 e. The van der Waals surface area contributed by atoms with Gasteiger partial charge in [0.25, 0.3) is 5.91 Å². The molecule has 1 amide bonds. The Hall–Kier alpha value is -1.36. The highest BCUT2D eigenvalue weighted by Crippen LogP contribution is 2.42. The summed E-state index contributed by atoms with van der Waals surface area (Å²) in [7, 11) is 1.73. The first-order chi connectivity index (χ1) is 9.69. The van der Waals surface area contributed by atoms with Crippen molar-refractivity contribution in [3.05, 3.63) is 17.5 Å². The van der Waals surface area contributed by atoms with Crippen LogP contribution in [0.15, 0.2) is 6.20 Å². The standard InChI is InChI=1S/C16H27N3O2/c1-11(2)9-19-14(12-6-7-12)13(8-17-19)15(20)18(5)10-16(3,4)21/h8,11-12,21H,6-7,9-10H2,1-5H3. The van der Waals surface area contributed by atoms with Crippen LogP contribution in [-0.4, -0.2) is 44.9 Å². The van der Waals surface area contributed by atoms with Crippen molar-refractivity contribution in [3.8, 4) is 0 Å². The molecule has 0 radical (unpaired) electrons. The summed E-state index contributed by atoms with van der Waals surface area (Å²) in [5.41, 5.74) is 0.888. The topological polar surface area (TPSA) is 58.4 Å². The molecule has 118 valence electrons. The molecule has 0 atom stereocenters. The highest BCUT2D eigenvalue weighted by Gasteiger charge is 2.34. The van der Waals surface area contributed by atoms with E-state index in [-0.39, 0.29) is 5.91 Å². The van der Waals surface area contributed by atoms with E-state index in [0.29, 0.717) is 23.9 Å². The van der Waals surface area contributed by atoms with Gasteiger partial charge in [-0.2, -0.15) is 5.10 Å². The van der Waals surface area contributed by atoms with Gasteiger partial charge < -0.3 is 10.0 Å². The zero-order valence-corrected chi connectivity index (χ0v) is 13.8. The summed E-state index contributed by atoms with van der Waals surface area (Å²) >= 11 is 0. The lowest BCUT2D eigenvalue weighted by molar-refractivity contribution is 0.0367. The first-order valence-corrected chi connectivity index (χ1v) is 7.72. The number of aromatic nitrogens is 2. The molecule has 1 aromatic rings. The van der Waals surface area contributed by atoms with Crippen molar-refractivity contribution in [1.82, 2.24) is 14.7 Å². The molecule has 0 saturated heterocycles. The molecule has 1 aliphatic carbocycles. The zero-order valence-electron chi connectivity index (χ0n) is 13.8. The summed E-state index contributed by atoms with van der Waals surface area (Å²) in [6, 6.07) is 0. The summed E-state index contributed by atoms with van der Waals surface area (Å²) in [5, 5.41) is 14.3. The Labute approximate surface area is 126 Å². The average molecular weight is 293 g/mol. The van der Waals surface area contributed by atoms with Gasteiger partial charge in [-0.1, -0.05) is 13.8 Å². The predicted molar refractivity (Wildman–Crippen MR) is 82.3 cm³/mol. The third-order valence-corrected chi connectivity index (χ3v) is 3.58. The molecule has 0 bridgehead atoms. The van der Waals surface area contributed by atoms with Crippen LogP contribution in [-0.2, 0) is 6.54 Å². The number of aliphatic hydroxyl groups is 1. The van der Waals surface area contributed by atoms with E-state index in [1.54, 1.807) is 32.0 Å². The van der Waals surface area contributed by atoms with Crippen LogP contribution in [0, 0.1) is 5.92 Å². The number of hydrogen-bond acceptors (Lipinski definition) is 3. The number of rotatable bonds is 6. The van der Waals surface area contributed by atoms with Gasteiger partial charge in [0.15, 0.2) is 0 Å². The number of hydrogen-bond donors (Lipinski definition) is 1. The smallest absolute Gasteiger partial charge is 0.257 e. The second-order valence-electron chi connectivity index (χ2n) is 7.27. The van der Waals surface area contributed by atoms with Gasteiger partial charge in [0, 0.05) is 26.1 Å². The van der Waals surface area contributed by atoms with E-state index in [4.69, 9.17) is 0 Å². The Bertz CT molecular complexity index is 510. The molecule has 0 unspecified atom stereocenters. The number of nitrogens with zero attached hydrogens (tertiary/aromatic N) is 3. The predicted octanol–water partition coefficient (Wildman–Crippen LogP) is 2.26. The van der Waals surface area contributed by atoms with Crippen molar-refractivity contribution >= 4 is 5.91 Å². The maximum absolute atomic E-state index is 12.6. The molecule has 5 nitrogen and oxygen atoms in total. The number of carbonyl (C=O) groups excluding carboxylic acids is 1. The van der Waals surface area contributed by atoms with E-state index in [1.165, 1.54) is 0 Å². The Morgan fingerprint density at radius 2 is 2.14 bits per heavy atom. The molecular formula is C16H27N3O2. The summed E-state index contributed by atoms with van der Waals surface area (Å²) < 4.78 is 1.99. The van der Waals surface area contributed by atoms with Gasteiger partial charge in [-0.05, 0) is 32.6 Å². The maximum Gasteiger partial charge on any atom is 0.257 e. The SMILES string of the molecule is CC(C)Cn1ncc(C(=O)N(C)CC(C)(C)O)c1C1CC1. The van der Waals surface area contributed by atoms with Crippen molar-refractivity contribution in [2.75, 3.05) is 13.6 Å². The number of likely N-dealkylation sites (N-methyl/N-ethyl adjacent to an activating group) is 1. The minimum absolute atomic E-state index is 0.0472. The van der Waals surface area contributed by atoms with Gasteiger partial charge in [0.1, 0.15) is 0 Å². The molecule has 1 aromatic heterocycles. The monoisotopic (exact) mass is 293 g/mol. The summed E-state index contributed by atoms with van der Waals surface area (Å²) in [6.07, 6.45) is 3.97. The molecule has 1 fully saturated rings. The second kappa shape index (κ2) is 5.79. The van der Waals surface area contributed by atoms with Gasteiger partial charge in [-0.25, -0.2) is 0 Å². The normalized spacial score (nSPS) is 15.6. The van der Waals surface area contributed by atoms with Crippen molar-refractivity contribution in [2.24, 2.45) is 5.92 Å². The van der Waals surface area contributed by atoms with Gasteiger partial charge in [-0.15, -0.1) is 0 Å².